The minimum absolute atomic E-state index is 0.127. The third-order valence-corrected chi connectivity index (χ3v) is 2.91. The van der Waals surface area contributed by atoms with Crippen molar-refractivity contribution in [1.82, 2.24) is 9.97 Å². The van der Waals surface area contributed by atoms with Gasteiger partial charge in [0, 0.05) is 18.1 Å². The molecule has 4 N–H and O–H groups in total. The molecule has 0 unspecified atom stereocenters. The number of imidazole rings is 1. The number of thioether (sulfide) groups is 1. The van der Waals surface area contributed by atoms with Gasteiger partial charge in [-0.25, -0.2) is 4.98 Å². The van der Waals surface area contributed by atoms with Gasteiger partial charge in [0.2, 0.25) is 0 Å². The van der Waals surface area contributed by atoms with Crippen LogP contribution < -0.4 is 5.73 Å². The maximum atomic E-state index is 9.25. The number of benzene rings is 1. The van der Waals surface area contributed by atoms with Crippen molar-refractivity contribution in [1.29, 1.82) is 0 Å². The molecule has 1 aromatic heterocycles. The number of nitrogen functional groups attached to an aromatic ring is 1. The summed E-state index contributed by atoms with van der Waals surface area (Å²) < 4.78 is 0. The molecule has 0 atom stereocenters. The largest absolute Gasteiger partial charge is 0.506 e. The predicted molar refractivity (Wildman–Crippen MR) is 60.7 cm³/mol. The van der Waals surface area contributed by atoms with Crippen molar-refractivity contribution in [2.45, 2.75) is 10.9 Å². The highest BCUT2D eigenvalue weighted by atomic mass is 32.2. The zero-order valence-corrected chi connectivity index (χ0v) is 8.79. The third kappa shape index (κ3) is 2.44. The zero-order chi connectivity index (χ0) is 10.7. The second-order valence-corrected chi connectivity index (χ2v) is 4.04. The molecule has 0 aliphatic carbocycles. The van der Waals surface area contributed by atoms with Gasteiger partial charge in [0.05, 0.1) is 5.69 Å². The van der Waals surface area contributed by atoms with Crippen LogP contribution in [0.15, 0.2) is 35.7 Å². The van der Waals surface area contributed by atoms with Gasteiger partial charge in [-0.1, -0.05) is 17.8 Å². The Bertz CT molecular complexity index is 442. The molecule has 0 aliphatic heterocycles. The smallest absolute Gasteiger partial charge is 0.165 e. The minimum Gasteiger partial charge on any atom is -0.506 e. The van der Waals surface area contributed by atoms with E-state index < -0.39 is 0 Å². The summed E-state index contributed by atoms with van der Waals surface area (Å²) in [5.74, 6) is 0.902. The van der Waals surface area contributed by atoms with E-state index in [4.69, 9.17) is 5.73 Å². The summed E-state index contributed by atoms with van der Waals surface area (Å²) >= 11 is 1.59. The van der Waals surface area contributed by atoms with E-state index in [1.165, 1.54) is 0 Å². The lowest BCUT2D eigenvalue weighted by molar-refractivity contribution is 0.478. The number of phenols is 1. The Balaban J connectivity index is 2.02. The molecule has 2 rings (SSSR count). The first-order valence-electron chi connectivity index (χ1n) is 4.45. The van der Waals surface area contributed by atoms with Gasteiger partial charge in [-0.3, -0.25) is 0 Å². The van der Waals surface area contributed by atoms with Crippen molar-refractivity contribution in [3.8, 4) is 5.75 Å². The first-order valence-corrected chi connectivity index (χ1v) is 5.44. The quantitative estimate of drug-likeness (QED) is 0.421. The van der Waals surface area contributed by atoms with Crippen molar-refractivity contribution in [3.05, 3.63) is 36.2 Å². The average molecular weight is 221 g/mol. The molecule has 2 aromatic rings. The standard InChI is InChI=1S/C10H11N3OS/c11-8-5-7(1-2-9(8)14)6-15-10-12-3-4-13-10/h1-5,14H,6,11H2,(H,12,13). The topological polar surface area (TPSA) is 74.9 Å². The number of anilines is 1. The molecule has 0 saturated carbocycles. The first-order chi connectivity index (χ1) is 7.25. The number of aromatic nitrogens is 2. The normalized spacial score (nSPS) is 10.4. The molecule has 1 heterocycles. The zero-order valence-electron chi connectivity index (χ0n) is 7.97. The SMILES string of the molecule is Nc1cc(CSc2ncc[nH]2)ccc1O. The van der Waals surface area contributed by atoms with E-state index in [1.54, 1.807) is 36.3 Å². The Morgan fingerprint density at radius 1 is 1.47 bits per heavy atom. The van der Waals surface area contributed by atoms with E-state index in [1.807, 2.05) is 6.07 Å². The summed E-state index contributed by atoms with van der Waals surface area (Å²) in [4.78, 5) is 7.10. The molecule has 78 valence electrons. The minimum atomic E-state index is 0.127. The second-order valence-electron chi connectivity index (χ2n) is 3.08. The lowest BCUT2D eigenvalue weighted by Gasteiger charge is -2.02. The maximum Gasteiger partial charge on any atom is 0.165 e. The van der Waals surface area contributed by atoms with Crippen LogP contribution in [0.5, 0.6) is 5.75 Å². The Morgan fingerprint density at radius 2 is 2.33 bits per heavy atom. The molecule has 0 radical (unpaired) electrons. The summed E-state index contributed by atoms with van der Waals surface area (Å²) in [5, 5.41) is 10.1. The van der Waals surface area contributed by atoms with Gasteiger partial charge in [0.1, 0.15) is 5.75 Å². The fourth-order valence-corrected chi connectivity index (χ4v) is 1.94. The van der Waals surface area contributed by atoms with E-state index in [-0.39, 0.29) is 5.75 Å². The van der Waals surface area contributed by atoms with Crippen molar-refractivity contribution in [3.63, 3.8) is 0 Å². The fourth-order valence-electron chi connectivity index (χ4n) is 1.18. The van der Waals surface area contributed by atoms with Gasteiger partial charge in [0.15, 0.2) is 5.16 Å². The van der Waals surface area contributed by atoms with Gasteiger partial charge >= 0.3 is 0 Å². The van der Waals surface area contributed by atoms with Crippen LogP contribution in [0.1, 0.15) is 5.56 Å². The van der Waals surface area contributed by atoms with Crippen LogP contribution >= 0.6 is 11.8 Å². The highest BCUT2D eigenvalue weighted by Gasteiger charge is 2.01. The van der Waals surface area contributed by atoms with E-state index in [2.05, 4.69) is 9.97 Å². The number of phenolic OH excluding ortho intramolecular Hbond substituents is 1. The Hall–Kier alpha value is -1.62. The lowest BCUT2D eigenvalue weighted by Crippen LogP contribution is -1.88. The number of H-pyrrole nitrogens is 1. The van der Waals surface area contributed by atoms with Crippen LogP contribution in [0.25, 0.3) is 0 Å². The number of nitrogens with two attached hydrogens (primary N) is 1. The number of nitrogens with one attached hydrogen (secondary N) is 1. The Labute approximate surface area is 91.5 Å². The van der Waals surface area contributed by atoms with E-state index >= 15 is 0 Å². The van der Waals surface area contributed by atoms with Crippen molar-refractivity contribution >= 4 is 17.4 Å². The van der Waals surface area contributed by atoms with Crippen molar-refractivity contribution in [2.75, 3.05) is 5.73 Å². The molecule has 1 aromatic carbocycles. The van der Waals surface area contributed by atoms with Crippen LogP contribution in [0.2, 0.25) is 0 Å². The molecule has 0 fully saturated rings. The van der Waals surface area contributed by atoms with E-state index in [0.717, 1.165) is 16.5 Å². The summed E-state index contributed by atoms with van der Waals surface area (Å²) in [6.07, 6.45) is 3.50. The van der Waals surface area contributed by atoms with Crippen LogP contribution in [0, 0.1) is 0 Å². The monoisotopic (exact) mass is 221 g/mol. The molecule has 5 heteroatoms. The van der Waals surface area contributed by atoms with Gasteiger partial charge < -0.3 is 15.8 Å². The molecule has 0 amide bonds. The third-order valence-electron chi connectivity index (χ3n) is 1.94. The molecular formula is C10H11N3OS. The number of rotatable bonds is 3. The van der Waals surface area contributed by atoms with E-state index in [9.17, 15) is 5.11 Å². The molecule has 0 spiro atoms. The second kappa shape index (κ2) is 4.27. The predicted octanol–water partition coefficient (Wildman–Crippen LogP) is 1.99. The first kappa shape index (κ1) is 9.92. The van der Waals surface area contributed by atoms with Crippen LogP contribution in [-0.4, -0.2) is 15.1 Å². The number of aromatic hydroxyl groups is 1. The van der Waals surface area contributed by atoms with Gasteiger partial charge in [0.25, 0.3) is 0 Å². The Kier molecular flexibility index (Phi) is 2.82. The fraction of sp³-hybridized carbons (Fsp3) is 0.100. The summed E-state index contributed by atoms with van der Waals surface area (Å²) in [5.41, 5.74) is 7.06. The van der Waals surface area contributed by atoms with E-state index in [0.29, 0.717) is 5.69 Å². The maximum absolute atomic E-state index is 9.25. The summed E-state index contributed by atoms with van der Waals surface area (Å²) in [6, 6.07) is 5.22. The van der Waals surface area contributed by atoms with Crippen LogP contribution in [0.3, 0.4) is 0 Å². The van der Waals surface area contributed by atoms with Crippen molar-refractivity contribution < 1.29 is 5.11 Å². The molecule has 15 heavy (non-hydrogen) atoms. The highest BCUT2D eigenvalue weighted by molar-refractivity contribution is 7.98. The van der Waals surface area contributed by atoms with Crippen molar-refractivity contribution in [2.24, 2.45) is 0 Å². The highest BCUT2D eigenvalue weighted by Crippen LogP contribution is 2.24. The number of nitrogens with zero attached hydrogens (tertiary/aromatic N) is 1. The molecule has 4 nitrogen and oxygen atoms in total. The van der Waals surface area contributed by atoms with Gasteiger partial charge in [-0.2, -0.15) is 0 Å². The Morgan fingerprint density at radius 3 is 3.00 bits per heavy atom. The summed E-state index contributed by atoms with van der Waals surface area (Å²) in [7, 11) is 0. The number of hydrogen-bond donors (Lipinski definition) is 3. The average Bonchev–Trinajstić information content (AvgIpc) is 2.73. The van der Waals surface area contributed by atoms with Crippen LogP contribution in [-0.2, 0) is 5.75 Å². The number of aromatic amines is 1. The number of hydrogen-bond acceptors (Lipinski definition) is 4. The van der Waals surface area contributed by atoms with Crippen LogP contribution in [0.4, 0.5) is 5.69 Å². The summed E-state index contributed by atoms with van der Waals surface area (Å²) in [6.45, 7) is 0. The van der Waals surface area contributed by atoms with Gasteiger partial charge in [-0.05, 0) is 17.7 Å². The lowest BCUT2D eigenvalue weighted by atomic mass is 10.2. The van der Waals surface area contributed by atoms with Gasteiger partial charge in [-0.15, -0.1) is 0 Å². The molecular weight excluding hydrogens is 210 g/mol. The molecule has 0 saturated heterocycles. The molecule has 0 bridgehead atoms. The molecule has 0 aliphatic rings.